The van der Waals surface area contributed by atoms with Crippen LogP contribution in [0, 0.1) is 0 Å². The summed E-state index contributed by atoms with van der Waals surface area (Å²) < 4.78 is 34.2. The quantitative estimate of drug-likeness (QED) is 0.424. The largest absolute Gasteiger partial charge is 0.435 e. The number of rotatable bonds is 9. The van der Waals surface area contributed by atoms with E-state index in [1.54, 1.807) is 12.1 Å². The maximum absolute atomic E-state index is 12.2. The fourth-order valence-electron chi connectivity index (χ4n) is 3.07. The molecule has 1 aromatic carbocycles. The van der Waals surface area contributed by atoms with Crippen molar-refractivity contribution in [1.82, 2.24) is 15.5 Å². The molecular weight excluding hydrogens is 382 g/mol. The van der Waals surface area contributed by atoms with Crippen molar-refractivity contribution in [2.75, 3.05) is 45.9 Å². The maximum Gasteiger partial charge on any atom is 0.387 e. The van der Waals surface area contributed by atoms with Crippen LogP contribution in [0.4, 0.5) is 8.78 Å². The van der Waals surface area contributed by atoms with E-state index in [0.717, 1.165) is 26.3 Å². The summed E-state index contributed by atoms with van der Waals surface area (Å²) in [4.78, 5) is 7.03. The van der Waals surface area contributed by atoms with Crippen LogP contribution in [0.3, 0.4) is 0 Å². The fourth-order valence-corrected chi connectivity index (χ4v) is 3.07. The van der Waals surface area contributed by atoms with E-state index in [1.807, 2.05) is 6.92 Å². The third kappa shape index (κ3) is 7.75. The normalized spacial score (nSPS) is 17.3. The van der Waals surface area contributed by atoms with Gasteiger partial charge in [0.05, 0.1) is 25.9 Å². The van der Waals surface area contributed by atoms with E-state index in [-0.39, 0.29) is 17.8 Å². The topological polar surface area (TPSA) is 78.4 Å². The molecule has 0 radical (unpaired) electrons. The summed E-state index contributed by atoms with van der Waals surface area (Å²) in [5.74, 6) is 0.676. The van der Waals surface area contributed by atoms with Gasteiger partial charge < -0.3 is 25.2 Å². The van der Waals surface area contributed by atoms with Crippen LogP contribution in [0.2, 0.25) is 0 Å². The summed E-state index contributed by atoms with van der Waals surface area (Å²) in [6.07, 6.45) is -0.813. The first-order chi connectivity index (χ1) is 13.8. The van der Waals surface area contributed by atoms with Crippen molar-refractivity contribution in [3.63, 3.8) is 0 Å². The SMILES string of the molecule is CCNC(=NCC(C)(C)N1CCOCC1)NCC(O)c1ccc(OC(F)F)cc1. The molecule has 1 fully saturated rings. The first-order valence-electron chi connectivity index (χ1n) is 9.89. The molecule has 2 rings (SSSR count). The number of halogens is 2. The molecule has 3 N–H and O–H groups in total. The van der Waals surface area contributed by atoms with E-state index in [0.29, 0.717) is 24.6 Å². The highest BCUT2D eigenvalue weighted by Gasteiger charge is 2.28. The molecule has 1 saturated heterocycles. The third-order valence-electron chi connectivity index (χ3n) is 4.79. The molecule has 1 aliphatic heterocycles. The molecule has 1 heterocycles. The second-order valence-corrected chi connectivity index (χ2v) is 7.45. The Kier molecular flexibility index (Phi) is 9.06. The Morgan fingerprint density at radius 3 is 2.48 bits per heavy atom. The van der Waals surface area contributed by atoms with Crippen molar-refractivity contribution >= 4 is 5.96 Å². The monoisotopic (exact) mass is 414 g/mol. The highest BCUT2D eigenvalue weighted by Crippen LogP contribution is 2.19. The number of hydrogen-bond donors (Lipinski definition) is 3. The molecule has 0 amide bonds. The lowest BCUT2D eigenvalue weighted by molar-refractivity contribution is -0.0498. The van der Waals surface area contributed by atoms with Crippen molar-refractivity contribution in [3.8, 4) is 5.75 Å². The smallest absolute Gasteiger partial charge is 0.387 e. The Labute approximate surface area is 171 Å². The van der Waals surface area contributed by atoms with E-state index >= 15 is 0 Å². The summed E-state index contributed by atoms with van der Waals surface area (Å²) in [6.45, 7) is 8.18. The molecule has 9 heteroatoms. The summed E-state index contributed by atoms with van der Waals surface area (Å²) in [6, 6.07) is 5.95. The zero-order valence-electron chi connectivity index (χ0n) is 17.3. The van der Waals surface area contributed by atoms with Gasteiger partial charge in [0, 0.05) is 31.7 Å². The van der Waals surface area contributed by atoms with Gasteiger partial charge >= 0.3 is 6.61 Å². The molecule has 1 aliphatic rings. The predicted molar refractivity (Wildman–Crippen MR) is 108 cm³/mol. The number of aliphatic hydroxyl groups is 1. The number of guanidine groups is 1. The molecule has 29 heavy (non-hydrogen) atoms. The summed E-state index contributed by atoms with van der Waals surface area (Å²) in [5, 5.41) is 16.7. The molecule has 164 valence electrons. The van der Waals surface area contributed by atoms with Crippen molar-refractivity contribution in [3.05, 3.63) is 29.8 Å². The fraction of sp³-hybridized carbons (Fsp3) is 0.650. The van der Waals surface area contributed by atoms with Gasteiger partial charge in [0.25, 0.3) is 0 Å². The van der Waals surface area contributed by atoms with Gasteiger partial charge in [-0.25, -0.2) is 0 Å². The van der Waals surface area contributed by atoms with Gasteiger partial charge in [0.15, 0.2) is 5.96 Å². The maximum atomic E-state index is 12.2. The van der Waals surface area contributed by atoms with Gasteiger partial charge in [-0.3, -0.25) is 9.89 Å². The van der Waals surface area contributed by atoms with Crippen LogP contribution < -0.4 is 15.4 Å². The van der Waals surface area contributed by atoms with Gasteiger partial charge in [-0.05, 0) is 38.5 Å². The first-order valence-corrected chi connectivity index (χ1v) is 9.89. The molecule has 1 atom stereocenters. The number of aliphatic imine (C=N–C) groups is 1. The Morgan fingerprint density at radius 1 is 1.24 bits per heavy atom. The van der Waals surface area contributed by atoms with E-state index < -0.39 is 12.7 Å². The Morgan fingerprint density at radius 2 is 1.90 bits per heavy atom. The van der Waals surface area contributed by atoms with Gasteiger partial charge in [-0.15, -0.1) is 0 Å². The average Bonchev–Trinajstić information content (AvgIpc) is 2.70. The van der Waals surface area contributed by atoms with E-state index in [2.05, 4.69) is 39.1 Å². The van der Waals surface area contributed by atoms with E-state index in [9.17, 15) is 13.9 Å². The van der Waals surface area contributed by atoms with Crippen molar-refractivity contribution in [1.29, 1.82) is 0 Å². The number of benzene rings is 1. The lowest BCUT2D eigenvalue weighted by Crippen LogP contribution is -2.52. The molecular formula is C20H32F2N4O3. The minimum absolute atomic E-state index is 0.0594. The van der Waals surface area contributed by atoms with Gasteiger partial charge in [-0.2, -0.15) is 8.78 Å². The van der Waals surface area contributed by atoms with Crippen LogP contribution in [0.15, 0.2) is 29.3 Å². The van der Waals surface area contributed by atoms with Crippen LogP contribution in [0.25, 0.3) is 0 Å². The van der Waals surface area contributed by atoms with Crippen LogP contribution in [0.5, 0.6) is 5.75 Å². The summed E-state index contributed by atoms with van der Waals surface area (Å²) in [7, 11) is 0. The molecule has 0 saturated carbocycles. The second-order valence-electron chi connectivity index (χ2n) is 7.45. The zero-order chi connectivity index (χ0) is 21.3. The van der Waals surface area contributed by atoms with E-state index in [4.69, 9.17) is 4.74 Å². The molecule has 0 bridgehead atoms. The zero-order valence-corrected chi connectivity index (χ0v) is 17.3. The average molecular weight is 414 g/mol. The van der Waals surface area contributed by atoms with Gasteiger partial charge in [-0.1, -0.05) is 12.1 Å². The Balaban J connectivity index is 1.91. The highest BCUT2D eigenvalue weighted by molar-refractivity contribution is 5.79. The second kappa shape index (κ2) is 11.3. The van der Waals surface area contributed by atoms with Crippen LogP contribution >= 0.6 is 0 Å². The van der Waals surface area contributed by atoms with Crippen molar-refractivity contribution in [2.24, 2.45) is 4.99 Å². The number of alkyl halides is 2. The summed E-state index contributed by atoms with van der Waals surface area (Å²) in [5.41, 5.74) is 0.495. The number of nitrogens with zero attached hydrogens (tertiary/aromatic N) is 2. The molecule has 1 aromatic rings. The number of nitrogens with one attached hydrogen (secondary N) is 2. The Hall–Kier alpha value is -1.97. The van der Waals surface area contributed by atoms with Gasteiger partial charge in [0.2, 0.25) is 0 Å². The molecule has 0 spiro atoms. The predicted octanol–water partition coefficient (Wildman–Crippen LogP) is 1.99. The summed E-state index contributed by atoms with van der Waals surface area (Å²) >= 11 is 0. The standard InChI is InChI=1S/C20H32F2N4O3/c1-4-23-19(25-14-20(2,3)26-9-11-28-12-10-26)24-13-17(27)15-5-7-16(8-6-15)29-18(21)22/h5-8,17-18,27H,4,9-14H2,1-3H3,(H2,23,24,25). The van der Waals surface area contributed by atoms with E-state index in [1.165, 1.54) is 12.1 Å². The number of hydrogen-bond acceptors (Lipinski definition) is 5. The minimum atomic E-state index is -2.87. The van der Waals surface area contributed by atoms with Crippen molar-refractivity contribution < 1.29 is 23.4 Å². The molecule has 7 nitrogen and oxygen atoms in total. The lowest BCUT2D eigenvalue weighted by Gasteiger charge is -2.39. The van der Waals surface area contributed by atoms with Gasteiger partial charge in [0.1, 0.15) is 5.75 Å². The highest BCUT2D eigenvalue weighted by atomic mass is 19.3. The number of morpholine rings is 1. The van der Waals surface area contributed by atoms with Crippen LogP contribution in [-0.4, -0.2) is 74.1 Å². The molecule has 0 aliphatic carbocycles. The van der Waals surface area contributed by atoms with Crippen molar-refractivity contribution in [2.45, 2.75) is 39.0 Å². The lowest BCUT2D eigenvalue weighted by atomic mass is 10.0. The van der Waals surface area contributed by atoms with Crippen LogP contribution in [-0.2, 0) is 4.74 Å². The molecule has 0 aromatic heterocycles. The number of ether oxygens (including phenoxy) is 2. The van der Waals surface area contributed by atoms with Crippen LogP contribution in [0.1, 0.15) is 32.4 Å². The molecule has 1 unspecified atom stereocenters. The number of aliphatic hydroxyl groups excluding tert-OH is 1. The minimum Gasteiger partial charge on any atom is -0.435 e. The first kappa shape index (κ1) is 23.3. The third-order valence-corrected chi connectivity index (χ3v) is 4.79. The Bertz CT molecular complexity index is 635.